The van der Waals surface area contributed by atoms with Crippen molar-refractivity contribution in [3.63, 3.8) is 0 Å². The first-order chi connectivity index (χ1) is 5.52. The molecule has 72 valence electrons. The standard InChI is InChI=1S/C7H15NO3S/c1-7(12(9,10)11)8-5-3-2-4-6-8/h7H,2-6H2,1H3,(H,9,10,11). The summed E-state index contributed by atoms with van der Waals surface area (Å²) in [6, 6.07) is 0. The van der Waals surface area contributed by atoms with Crippen molar-refractivity contribution in [3.8, 4) is 0 Å². The van der Waals surface area contributed by atoms with Gasteiger partial charge < -0.3 is 0 Å². The summed E-state index contributed by atoms with van der Waals surface area (Å²) >= 11 is 0. The lowest BCUT2D eigenvalue weighted by Crippen LogP contribution is -2.41. The first-order valence-corrected chi connectivity index (χ1v) is 5.72. The van der Waals surface area contributed by atoms with E-state index in [9.17, 15) is 8.42 Å². The van der Waals surface area contributed by atoms with E-state index in [4.69, 9.17) is 4.55 Å². The van der Waals surface area contributed by atoms with Crippen molar-refractivity contribution < 1.29 is 13.0 Å². The molecule has 1 unspecified atom stereocenters. The van der Waals surface area contributed by atoms with Crippen LogP contribution in [0.25, 0.3) is 0 Å². The molecule has 0 amide bonds. The number of rotatable bonds is 2. The number of hydrogen-bond acceptors (Lipinski definition) is 3. The molecule has 0 radical (unpaired) electrons. The Morgan fingerprint density at radius 1 is 1.25 bits per heavy atom. The minimum absolute atomic E-state index is 0.738. The molecule has 12 heavy (non-hydrogen) atoms. The third kappa shape index (κ3) is 2.43. The van der Waals surface area contributed by atoms with Gasteiger partial charge >= 0.3 is 0 Å². The normalized spacial score (nSPS) is 23.8. The van der Waals surface area contributed by atoms with Gasteiger partial charge in [-0.3, -0.25) is 9.45 Å². The van der Waals surface area contributed by atoms with Gasteiger partial charge in [0.2, 0.25) is 0 Å². The fourth-order valence-corrected chi connectivity index (χ4v) is 2.06. The fourth-order valence-electron chi connectivity index (χ4n) is 1.47. The van der Waals surface area contributed by atoms with Crippen molar-refractivity contribution in [2.45, 2.75) is 31.6 Å². The van der Waals surface area contributed by atoms with E-state index in [-0.39, 0.29) is 0 Å². The third-order valence-electron chi connectivity index (χ3n) is 2.34. The Kier molecular flexibility index (Phi) is 3.09. The van der Waals surface area contributed by atoms with Crippen LogP contribution < -0.4 is 0 Å². The lowest BCUT2D eigenvalue weighted by Gasteiger charge is -2.30. The SMILES string of the molecule is CC(N1CCCCC1)S(=O)(=O)O. The van der Waals surface area contributed by atoms with Crippen molar-refractivity contribution in [3.05, 3.63) is 0 Å². The van der Waals surface area contributed by atoms with Crippen LogP contribution in [0.2, 0.25) is 0 Å². The van der Waals surface area contributed by atoms with E-state index in [1.54, 1.807) is 4.90 Å². The van der Waals surface area contributed by atoms with E-state index in [0.29, 0.717) is 0 Å². The molecule has 0 bridgehead atoms. The Bertz CT molecular complexity index is 231. The van der Waals surface area contributed by atoms with Gasteiger partial charge in [0.05, 0.1) is 0 Å². The fraction of sp³-hybridized carbons (Fsp3) is 1.00. The molecule has 5 heteroatoms. The van der Waals surface area contributed by atoms with Gasteiger partial charge in [-0.25, -0.2) is 0 Å². The highest BCUT2D eigenvalue weighted by Gasteiger charge is 2.25. The molecule has 1 aliphatic rings. The van der Waals surface area contributed by atoms with E-state index in [2.05, 4.69) is 0 Å². The summed E-state index contributed by atoms with van der Waals surface area (Å²) in [6.45, 7) is 3.09. The van der Waals surface area contributed by atoms with Crippen LogP contribution in [-0.2, 0) is 10.1 Å². The van der Waals surface area contributed by atoms with Gasteiger partial charge in [0.1, 0.15) is 5.37 Å². The van der Waals surface area contributed by atoms with E-state index in [0.717, 1.165) is 32.4 Å². The average Bonchev–Trinajstić information content (AvgIpc) is 2.03. The Hall–Kier alpha value is -0.130. The maximum absolute atomic E-state index is 10.7. The number of nitrogens with zero attached hydrogens (tertiary/aromatic N) is 1. The van der Waals surface area contributed by atoms with Crippen LogP contribution in [0.5, 0.6) is 0 Å². The largest absolute Gasteiger partial charge is 0.286 e. The van der Waals surface area contributed by atoms with Crippen LogP contribution in [0.1, 0.15) is 26.2 Å². The summed E-state index contributed by atoms with van der Waals surface area (Å²) in [7, 11) is -3.88. The topological polar surface area (TPSA) is 57.6 Å². The second-order valence-corrected chi connectivity index (χ2v) is 4.92. The monoisotopic (exact) mass is 193 g/mol. The summed E-state index contributed by atoms with van der Waals surface area (Å²) < 4.78 is 30.3. The predicted octanol–water partition coefficient (Wildman–Crippen LogP) is 0.706. The maximum atomic E-state index is 10.7. The van der Waals surface area contributed by atoms with Gasteiger partial charge in [0.25, 0.3) is 10.1 Å². The van der Waals surface area contributed by atoms with Crippen LogP contribution >= 0.6 is 0 Å². The lowest BCUT2D eigenvalue weighted by molar-refractivity contribution is 0.208. The molecular weight excluding hydrogens is 178 g/mol. The van der Waals surface area contributed by atoms with E-state index in [1.807, 2.05) is 0 Å². The van der Waals surface area contributed by atoms with Crippen LogP contribution in [0.4, 0.5) is 0 Å². The van der Waals surface area contributed by atoms with Crippen LogP contribution in [0, 0.1) is 0 Å². The summed E-state index contributed by atoms with van der Waals surface area (Å²) in [5.74, 6) is 0. The van der Waals surface area contributed by atoms with Gasteiger partial charge in [0.15, 0.2) is 0 Å². The number of hydrogen-bond donors (Lipinski definition) is 1. The molecule has 1 aliphatic heterocycles. The summed E-state index contributed by atoms with van der Waals surface area (Å²) in [5.41, 5.74) is 0. The highest BCUT2D eigenvalue weighted by atomic mass is 32.2. The summed E-state index contributed by atoms with van der Waals surface area (Å²) in [5, 5.41) is -0.738. The molecule has 0 aliphatic carbocycles. The zero-order valence-corrected chi connectivity index (χ0v) is 8.05. The lowest BCUT2D eigenvalue weighted by atomic mass is 10.1. The van der Waals surface area contributed by atoms with Gasteiger partial charge in [0, 0.05) is 0 Å². The minimum atomic E-state index is -3.88. The van der Waals surface area contributed by atoms with Crippen LogP contribution in [-0.4, -0.2) is 36.3 Å². The maximum Gasteiger partial charge on any atom is 0.280 e. The molecule has 4 nitrogen and oxygen atoms in total. The van der Waals surface area contributed by atoms with Crippen molar-refractivity contribution in [1.29, 1.82) is 0 Å². The van der Waals surface area contributed by atoms with Gasteiger partial charge in [-0.15, -0.1) is 0 Å². The van der Waals surface area contributed by atoms with E-state index < -0.39 is 15.5 Å². The van der Waals surface area contributed by atoms with Gasteiger partial charge in [-0.05, 0) is 32.9 Å². The zero-order chi connectivity index (χ0) is 9.19. The van der Waals surface area contributed by atoms with Crippen molar-refractivity contribution in [2.24, 2.45) is 0 Å². The second kappa shape index (κ2) is 3.72. The van der Waals surface area contributed by atoms with Crippen molar-refractivity contribution in [1.82, 2.24) is 4.90 Å². The number of piperidine rings is 1. The highest BCUT2D eigenvalue weighted by Crippen LogP contribution is 2.14. The number of likely N-dealkylation sites (tertiary alicyclic amines) is 1. The Morgan fingerprint density at radius 2 is 1.75 bits per heavy atom. The molecule has 0 aromatic rings. The first-order valence-electron chi connectivity index (χ1n) is 4.22. The molecule has 1 fully saturated rings. The molecular formula is C7H15NO3S. The van der Waals surface area contributed by atoms with Crippen molar-refractivity contribution in [2.75, 3.05) is 13.1 Å². The molecule has 1 saturated heterocycles. The molecule has 1 rings (SSSR count). The van der Waals surface area contributed by atoms with Crippen molar-refractivity contribution >= 4 is 10.1 Å². The second-order valence-electron chi connectivity index (χ2n) is 3.21. The predicted molar refractivity (Wildman–Crippen MR) is 46.4 cm³/mol. The molecule has 0 aromatic carbocycles. The van der Waals surface area contributed by atoms with E-state index in [1.165, 1.54) is 6.92 Å². The Balaban J connectivity index is 2.57. The molecule has 0 saturated carbocycles. The van der Waals surface area contributed by atoms with Gasteiger partial charge in [-0.2, -0.15) is 8.42 Å². The summed E-state index contributed by atoms with van der Waals surface area (Å²) in [6.07, 6.45) is 3.22. The summed E-state index contributed by atoms with van der Waals surface area (Å²) in [4.78, 5) is 1.80. The first kappa shape index (κ1) is 9.95. The third-order valence-corrected chi connectivity index (χ3v) is 3.50. The Morgan fingerprint density at radius 3 is 2.17 bits per heavy atom. The molecule has 1 heterocycles. The molecule has 0 aromatic heterocycles. The average molecular weight is 193 g/mol. The molecule has 1 N–H and O–H groups in total. The zero-order valence-electron chi connectivity index (χ0n) is 7.23. The van der Waals surface area contributed by atoms with E-state index >= 15 is 0 Å². The van der Waals surface area contributed by atoms with Crippen LogP contribution in [0.15, 0.2) is 0 Å². The highest BCUT2D eigenvalue weighted by molar-refractivity contribution is 7.86. The van der Waals surface area contributed by atoms with Gasteiger partial charge in [-0.1, -0.05) is 6.42 Å². The molecule has 1 atom stereocenters. The Labute approximate surface area is 73.3 Å². The molecule has 0 spiro atoms. The van der Waals surface area contributed by atoms with Crippen LogP contribution in [0.3, 0.4) is 0 Å². The quantitative estimate of drug-likeness (QED) is 0.656. The smallest absolute Gasteiger partial charge is 0.280 e. The minimum Gasteiger partial charge on any atom is -0.286 e.